The Balaban J connectivity index is 1.41. The molecule has 3 heterocycles. The van der Waals surface area contributed by atoms with E-state index in [1.54, 1.807) is 31.4 Å². The molecule has 36 heavy (non-hydrogen) atoms. The zero-order valence-electron chi connectivity index (χ0n) is 19.9. The minimum atomic E-state index is -0.730. The Morgan fingerprint density at radius 3 is 2.64 bits per heavy atom. The van der Waals surface area contributed by atoms with Crippen molar-refractivity contribution in [3.8, 4) is 11.5 Å². The molecule has 4 rings (SSSR count). The van der Waals surface area contributed by atoms with E-state index >= 15 is 0 Å². The van der Waals surface area contributed by atoms with Gasteiger partial charge in [0.25, 0.3) is 11.8 Å². The molecule has 3 aromatic rings. The highest BCUT2D eigenvalue weighted by molar-refractivity contribution is 5.96. The summed E-state index contributed by atoms with van der Waals surface area (Å²) in [6.07, 6.45) is 6.57. The van der Waals surface area contributed by atoms with Crippen LogP contribution in [-0.4, -0.2) is 40.8 Å². The van der Waals surface area contributed by atoms with Crippen molar-refractivity contribution >= 4 is 17.7 Å². The maximum atomic E-state index is 13.3. The molecule has 10 heteroatoms. The monoisotopic (exact) mass is 493 g/mol. The molecule has 3 N–H and O–H groups in total. The minimum absolute atomic E-state index is 0.0192. The molecule has 0 saturated heterocycles. The van der Waals surface area contributed by atoms with Crippen molar-refractivity contribution in [2.24, 2.45) is 5.92 Å². The Morgan fingerprint density at radius 1 is 1.08 bits per heavy atom. The molecular formula is C26H28FN5O4. The van der Waals surface area contributed by atoms with Crippen LogP contribution >= 0.6 is 0 Å². The number of hydrogen-bond acceptors (Lipinski definition) is 6. The van der Waals surface area contributed by atoms with Gasteiger partial charge >= 0.3 is 0 Å². The molecule has 0 aromatic carbocycles. The number of furan rings is 1. The summed E-state index contributed by atoms with van der Waals surface area (Å²) in [5, 5.41) is 8.16. The van der Waals surface area contributed by atoms with E-state index in [1.165, 1.54) is 24.3 Å². The standard InChI is InChI=1S/C26H28FN5O4/c1-28-26(35)23(17-6-3-2-4-7-17)32-25(34)21-11-10-20(36-21)19-14-16(12-13-29-19)15-30-24(33)18-8-5-9-22(27)31-18/h5,8-14,17,23H,2-4,6-7,15H2,1H3,(H,28,35)(H,30,33)(H,32,34). The van der Waals surface area contributed by atoms with Gasteiger partial charge in [-0.1, -0.05) is 25.3 Å². The number of aromatic nitrogens is 2. The Morgan fingerprint density at radius 2 is 1.89 bits per heavy atom. The van der Waals surface area contributed by atoms with E-state index in [2.05, 4.69) is 25.9 Å². The molecule has 0 aliphatic heterocycles. The summed E-state index contributed by atoms with van der Waals surface area (Å²) < 4.78 is 19.0. The molecule has 1 saturated carbocycles. The van der Waals surface area contributed by atoms with Crippen LogP contribution in [0.1, 0.15) is 58.7 Å². The van der Waals surface area contributed by atoms with E-state index in [9.17, 15) is 18.8 Å². The predicted octanol–water partition coefficient (Wildman–Crippen LogP) is 3.23. The third kappa shape index (κ3) is 6.12. The van der Waals surface area contributed by atoms with Crippen molar-refractivity contribution in [3.05, 3.63) is 71.6 Å². The summed E-state index contributed by atoms with van der Waals surface area (Å²) in [6, 6.07) is 10.00. The number of hydrogen-bond donors (Lipinski definition) is 3. The fourth-order valence-electron chi connectivity index (χ4n) is 4.36. The molecular weight excluding hydrogens is 465 g/mol. The van der Waals surface area contributed by atoms with Gasteiger partial charge < -0.3 is 20.4 Å². The number of nitrogens with zero attached hydrogens (tertiary/aromatic N) is 2. The van der Waals surface area contributed by atoms with Crippen LogP contribution in [0.3, 0.4) is 0 Å². The van der Waals surface area contributed by atoms with Gasteiger partial charge in [0.15, 0.2) is 11.5 Å². The van der Waals surface area contributed by atoms with Crippen LogP contribution in [0.15, 0.2) is 53.1 Å². The first-order valence-electron chi connectivity index (χ1n) is 11.9. The van der Waals surface area contributed by atoms with Gasteiger partial charge in [-0.15, -0.1) is 0 Å². The molecule has 1 fully saturated rings. The molecule has 9 nitrogen and oxygen atoms in total. The Bertz CT molecular complexity index is 1240. The highest BCUT2D eigenvalue weighted by atomic mass is 19.1. The molecule has 1 aliphatic rings. The van der Waals surface area contributed by atoms with Gasteiger partial charge in [0.05, 0.1) is 0 Å². The van der Waals surface area contributed by atoms with E-state index in [-0.39, 0.29) is 29.8 Å². The van der Waals surface area contributed by atoms with Crippen molar-refractivity contribution in [1.82, 2.24) is 25.9 Å². The lowest BCUT2D eigenvalue weighted by molar-refractivity contribution is -0.124. The highest BCUT2D eigenvalue weighted by Crippen LogP contribution is 2.27. The molecule has 3 aromatic heterocycles. The molecule has 0 spiro atoms. The fourth-order valence-corrected chi connectivity index (χ4v) is 4.36. The maximum Gasteiger partial charge on any atom is 0.287 e. The third-order valence-electron chi connectivity index (χ3n) is 6.24. The quantitative estimate of drug-likeness (QED) is 0.414. The second-order valence-electron chi connectivity index (χ2n) is 8.70. The molecule has 0 radical (unpaired) electrons. The van der Waals surface area contributed by atoms with Crippen molar-refractivity contribution < 1.29 is 23.2 Å². The van der Waals surface area contributed by atoms with E-state index in [0.29, 0.717) is 11.5 Å². The van der Waals surface area contributed by atoms with Crippen LogP contribution in [0.25, 0.3) is 11.5 Å². The summed E-state index contributed by atoms with van der Waals surface area (Å²) in [5.74, 6) is -1.38. The second-order valence-corrected chi connectivity index (χ2v) is 8.70. The Labute approximate surface area is 207 Å². The number of likely N-dealkylation sites (N-methyl/N-ethyl adjacent to an activating group) is 1. The summed E-state index contributed by atoms with van der Waals surface area (Å²) >= 11 is 0. The molecule has 1 aliphatic carbocycles. The molecule has 0 bridgehead atoms. The molecule has 188 valence electrons. The van der Waals surface area contributed by atoms with Crippen LogP contribution in [0.5, 0.6) is 0 Å². The van der Waals surface area contributed by atoms with Crippen LogP contribution in [0.2, 0.25) is 0 Å². The predicted molar refractivity (Wildman–Crippen MR) is 129 cm³/mol. The van der Waals surface area contributed by atoms with Crippen LogP contribution in [0.4, 0.5) is 4.39 Å². The Kier molecular flexibility index (Phi) is 8.04. The van der Waals surface area contributed by atoms with Gasteiger partial charge in [0, 0.05) is 19.8 Å². The zero-order chi connectivity index (χ0) is 25.5. The summed E-state index contributed by atoms with van der Waals surface area (Å²) in [4.78, 5) is 45.4. The van der Waals surface area contributed by atoms with Crippen LogP contribution in [0, 0.1) is 11.9 Å². The van der Waals surface area contributed by atoms with Crippen LogP contribution in [-0.2, 0) is 11.3 Å². The van der Waals surface area contributed by atoms with E-state index in [0.717, 1.165) is 37.7 Å². The maximum absolute atomic E-state index is 13.3. The van der Waals surface area contributed by atoms with Crippen molar-refractivity contribution in [2.45, 2.75) is 44.7 Å². The lowest BCUT2D eigenvalue weighted by Crippen LogP contribution is -2.50. The first-order chi connectivity index (χ1) is 17.4. The average molecular weight is 494 g/mol. The lowest BCUT2D eigenvalue weighted by atomic mass is 9.83. The SMILES string of the molecule is CNC(=O)C(NC(=O)c1ccc(-c2cc(CNC(=O)c3cccc(F)n3)ccn2)o1)C1CCCCC1. The fraction of sp³-hybridized carbons (Fsp3) is 0.346. The largest absolute Gasteiger partial charge is 0.449 e. The molecule has 1 unspecified atom stereocenters. The highest BCUT2D eigenvalue weighted by Gasteiger charge is 2.31. The first kappa shape index (κ1) is 25.0. The summed E-state index contributed by atoms with van der Waals surface area (Å²) in [7, 11) is 1.56. The number of amides is 3. The van der Waals surface area contributed by atoms with E-state index in [1.807, 2.05) is 0 Å². The Hall–Kier alpha value is -4.08. The number of carbonyl (C=O) groups is 3. The van der Waals surface area contributed by atoms with Crippen molar-refractivity contribution in [3.63, 3.8) is 0 Å². The van der Waals surface area contributed by atoms with Gasteiger partial charge in [-0.25, -0.2) is 4.98 Å². The van der Waals surface area contributed by atoms with Crippen LogP contribution < -0.4 is 16.0 Å². The third-order valence-corrected chi connectivity index (χ3v) is 6.24. The van der Waals surface area contributed by atoms with E-state index in [4.69, 9.17) is 4.42 Å². The van der Waals surface area contributed by atoms with Gasteiger partial charge in [-0.2, -0.15) is 4.39 Å². The number of carbonyl (C=O) groups excluding carboxylic acids is 3. The van der Waals surface area contributed by atoms with Gasteiger partial charge in [-0.05, 0) is 60.7 Å². The zero-order valence-corrected chi connectivity index (χ0v) is 19.9. The van der Waals surface area contributed by atoms with Crippen molar-refractivity contribution in [1.29, 1.82) is 0 Å². The second kappa shape index (κ2) is 11.6. The topological polar surface area (TPSA) is 126 Å². The smallest absolute Gasteiger partial charge is 0.287 e. The number of halogens is 1. The number of rotatable bonds is 8. The molecule has 3 amide bonds. The van der Waals surface area contributed by atoms with Gasteiger partial charge in [0.1, 0.15) is 17.4 Å². The first-order valence-corrected chi connectivity index (χ1v) is 11.9. The average Bonchev–Trinajstić information content (AvgIpc) is 3.41. The number of nitrogens with one attached hydrogen (secondary N) is 3. The van der Waals surface area contributed by atoms with Gasteiger partial charge in [-0.3, -0.25) is 19.4 Å². The number of pyridine rings is 2. The molecule has 1 atom stereocenters. The summed E-state index contributed by atoms with van der Waals surface area (Å²) in [5.41, 5.74) is 1.18. The minimum Gasteiger partial charge on any atom is -0.449 e. The van der Waals surface area contributed by atoms with Gasteiger partial charge in [0.2, 0.25) is 11.9 Å². The van der Waals surface area contributed by atoms with E-state index < -0.39 is 23.8 Å². The van der Waals surface area contributed by atoms with Crippen molar-refractivity contribution in [2.75, 3.05) is 7.05 Å². The normalized spacial score (nSPS) is 14.6. The summed E-state index contributed by atoms with van der Waals surface area (Å²) in [6.45, 7) is 0.162. The lowest BCUT2D eigenvalue weighted by Gasteiger charge is -2.29.